The topological polar surface area (TPSA) is 78.1 Å². The molecule has 0 bridgehead atoms. The summed E-state index contributed by atoms with van der Waals surface area (Å²) >= 11 is 1.70. The summed E-state index contributed by atoms with van der Waals surface area (Å²) in [6.07, 6.45) is 7.52. The van der Waals surface area contributed by atoms with Crippen LogP contribution in [0, 0.1) is 25.2 Å². The van der Waals surface area contributed by atoms with Crippen LogP contribution in [0.3, 0.4) is 0 Å². The summed E-state index contributed by atoms with van der Waals surface area (Å²) in [5.74, 6) is -0.357. The summed E-state index contributed by atoms with van der Waals surface area (Å²) in [5, 5.41) is 13.4. The molecular formula is C22H22N4O2S. The van der Waals surface area contributed by atoms with E-state index < -0.39 is 6.03 Å². The van der Waals surface area contributed by atoms with Crippen molar-refractivity contribution >= 4 is 29.4 Å². The fraction of sp³-hybridized carbons (Fsp3) is 0.318. The van der Waals surface area contributed by atoms with Crippen molar-refractivity contribution in [1.29, 1.82) is 5.26 Å². The molecular weight excluding hydrogens is 384 g/mol. The van der Waals surface area contributed by atoms with Crippen LogP contribution in [-0.2, 0) is 17.6 Å². The zero-order valence-corrected chi connectivity index (χ0v) is 17.4. The molecule has 0 aromatic carbocycles. The first kappa shape index (κ1) is 19.2. The highest BCUT2D eigenvalue weighted by atomic mass is 32.1. The minimum Gasteiger partial charge on any atom is -0.308 e. The SMILES string of the molecule is C=CCN1C(=O)N/C(=C\c2cc(C)n(-c3sc4c(c3C#N)CCCC4)c2C)C1=O. The van der Waals surface area contributed by atoms with Crippen LogP contribution in [0.25, 0.3) is 11.1 Å². The molecule has 3 amide bonds. The molecule has 3 heterocycles. The van der Waals surface area contributed by atoms with Crippen molar-refractivity contribution in [3.8, 4) is 11.1 Å². The molecule has 1 fully saturated rings. The maximum Gasteiger partial charge on any atom is 0.329 e. The van der Waals surface area contributed by atoms with Gasteiger partial charge in [0, 0.05) is 22.8 Å². The maximum absolute atomic E-state index is 12.5. The van der Waals surface area contributed by atoms with Crippen molar-refractivity contribution in [2.45, 2.75) is 39.5 Å². The summed E-state index contributed by atoms with van der Waals surface area (Å²) in [6.45, 7) is 7.73. The third kappa shape index (κ3) is 3.10. The molecule has 0 saturated carbocycles. The Hall–Kier alpha value is -3.11. The number of nitrogens with one attached hydrogen (secondary N) is 1. The molecule has 0 unspecified atom stereocenters. The van der Waals surface area contributed by atoms with E-state index in [-0.39, 0.29) is 18.1 Å². The molecule has 0 radical (unpaired) electrons. The van der Waals surface area contributed by atoms with E-state index in [0.29, 0.717) is 0 Å². The first-order chi connectivity index (χ1) is 14.0. The molecule has 0 spiro atoms. The highest BCUT2D eigenvalue weighted by Gasteiger charge is 2.33. The van der Waals surface area contributed by atoms with Crippen LogP contribution < -0.4 is 5.32 Å². The summed E-state index contributed by atoms with van der Waals surface area (Å²) in [6, 6.07) is 3.97. The summed E-state index contributed by atoms with van der Waals surface area (Å²) < 4.78 is 2.09. The number of thiophene rings is 1. The Morgan fingerprint density at radius 3 is 2.79 bits per heavy atom. The lowest BCUT2D eigenvalue weighted by molar-refractivity contribution is -0.122. The standard InChI is InChI=1S/C22H22N4O2S/c1-4-9-25-20(27)18(24-22(25)28)11-15-10-13(2)26(14(15)3)21-17(12-23)16-7-5-6-8-19(16)29-21/h4,10-11H,1,5-9H2,2-3H3,(H,24,28)/b18-11-. The van der Waals surface area contributed by atoms with Crippen LogP contribution >= 0.6 is 11.3 Å². The highest BCUT2D eigenvalue weighted by Crippen LogP contribution is 2.38. The van der Waals surface area contributed by atoms with Crippen LogP contribution in [0.5, 0.6) is 0 Å². The van der Waals surface area contributed by atoms with Gasteiger partial charge in [0.1, 0.15) is 16.8 Å². The van der Waals surface area contributed by atoms with Crippen LogP contribution in [0.15, 0.2) is 24.4 Å². The Morgan fingerprint density at radius 1 is 1.31 bits per heavy atom. The van der Waals surface area contributed by atoms with E-state index in [0.717, 1.165) is 51.7 Å². The van der Waals surface area contributed by atoms with Gasteiger partial charge in [0.05, 0.1) is 5.56 Å². The zero-order valence-electron chi connectivity index (χ0n) is 16.5. The first-order valence-electron chi connectivity index (χ1n) is 9.65. The number of carbonyl (C=O) groups excluding carboxylic acids is 2. The van der Waals surface area contributed by atoms with E-state index in [1.165, 1.54) is 22.9 Å². The molecule has 4 rings (SSSR count). The van der Waals surface area contributed by atoms with Gasteiger partial charge < -0.3 is 9.88 Å². The Bertz CT molecular complexity index is 1110. The Morgan fingerprint density at radius 2 is 2.07 bits per heavy atom. The second-order valence-electron chi connectivity index (χ2n) is 7.36. The smallest absolute Gasteiger partial charge is 0.308 e. The number of imide groups is 1. The van der Waals surface area contributed by atoms with E-state index in [9.17, 15) is 14.9 Å². The van der Waals surface area contributed by atoms with Crippen LogP contribution in [-0.4, -0.2) is 28.0 Å². The number of urea groups is 1. The number of nitriles is 1. The Balaban J connectivity index is 1.77. The van der Waals surface area contributed by atoms with E-state index in [1.54, 1.807) is 17.4 Å². The van der Waals surface area contributed by atoms with Gasteiger partial charge in [0.25, 0.3) is 5.91 Å². The third-order valence-electron chi connectivity index (χ3n) is 5.51. The minimum absolute atomic E-state index is 0.174. The number of aryl methyl sites for hydroxylation is 2. The molecule has 1 N–H and O–H groups in total. The van der Waals surface area contributed by atoms with Crippen LogP contribution in [0.2, 0.25) is 0 Å². The van der Waals surface area contributed by atoms with Gasteiger partial charge in [-0.15, -0.1) is 17.9 Å². The van der Waals surface area contributed by atoms with E-state index in [1.807, 2.05) is 19.9 Å². The number of hydrogen-bond donors (Lipinski definition) is 1. The average molecular weight is 407 g/mol. The predicted octanol–water partition coefficient (Wildman–Crippen LogP) is 3.98. The molecule has 2 aromatic rings. The molecule has 7 heteroatoms. The fourth-order valence-corrected chi connectivity index (χ4v) is 5.54. The minimum atomic E-state index is -0.437. The van der Waals surface area contributed by atoms with Gasteiger partial charge >= 0.3 is 6.03 Å². The zero-order chi connectivity index (χ0) is 20.7. The molecule has 1 aliphatic carbocycles. The normalized spacial score (nSPS) is 17.4. The molecule has 1 aliphatic heterocycles. The predicted molar refractivity (Wildman–Crippen MR) is 113 cm³/mol. The molecule has 1 saturated heterocycles. The summed E-state index contributed by atoms with van der Waals surface area (Å²) in [5.41, 5.74) is 5.00. The van der Waals surface area contributed by atoms with Crippen molar-refractivity contribution < 1.29 is 9.59 Å². The second-order valence-corrected chi connectivity index (χ2v) is 8.44. The maximum atomic E-state index is 12.5. The quantitative estimate of drug-likeness (QED) is 0.474. The van der Waals surface area contributed by atoms with E-state index >= 15 is 0 Å². The summed E-state index contributed by atoms with van der Waals surface area (Å²) in [7, 11) is 0. The highest BCUT2D eigenvalue weighted by molar-refractivity contribution is 7.15. The van der Waals surface area contributed by atoms with Gasteiger partial charge in [0.2, 0.25) is 0 Å². The Labute approximate surface area is 173 Å². The molecule has 148 valence electrons. The number of aromatic nitrogens is 1. The van der Waals surface area contributed by atoms with Crippen molar-refractivity contribution in [3.05, 3.63) is 57.4 Å². The molecule has 6 nitrogen and oxygen atoms in total. The van der Waals surface area contributed by atoms with Crippen molar-refractivity contribution in [2.24, 2.45) is 0 Å². The van der Waals surface area contributed by atoms with Crippen molar-refractivity contribution in [2.75, 3.05) is 6.54 Å². The Kier molecular flexibility index (Phi) is 4.89. The van der Waals surface area contributed by atoms with Crippen LogP contribution in [0.1, 0.15) is 45.8 Å². The molecule has 2 aromatic heterocycles. The van der Waals surface area contributed by atoms with Gasteiger partial charge in [0.15, 0.2) is 0 Å². The second kappa shape index (κ2) is 7.37. The number of amides is 3. The number of rotatable bonds is 4. The van der Waals surface area contributed by atoms with Gasteiger partial charge in [-0.25, -0.2) is 4.79 Å². The summed E-state index contributed by atoms with van der Waals surface area (Å²) in [4.78, 5) is 26.9. The monoisotopic (exact) mass is 406 g/mol. The molecule has 2 aliphatic rings. The van der Waals surface area contributed by atoms with E-state index in [4.69, 9.17) is 0 Å². The van der Waals surface area contributed by atoms with Gasteiger partial charge in [-0.1, -0.05) is 6.08 Å². The van der Waals surface area contributed by atoms with Gasteiger partial charge in [-0.05, 0) is 62.8 Å². The number of carbonyl (C=O) groups is 2. The lowest BCUT2D eigenvalue weighted by atomic mass is 9.96. The first-order valence-corrected chi connectivity index (χ1v) is 10.5. The van der Waals surface area contributed by atoms with Crippen LogP contribution in [0.4, 0.5) is 4.79 Å². The van der Waals surface area contributed by atoms with Gasteiger partial charge in [-0.3, -0.25) is 9.69 Å². The fourth-order valence-electron chi connectivity index (χ4n) is 4.09. The average Bonchev–Trinajstić information content (AvgIpc) is 3.29. The number of fused-ring (bicyclic) bond motifs is 1. The largest absolute Gasteiger partial charge is 0.329 e. The molecule has 0 atom stereocenters. The van der Waals surface area contributed by atoms with Gasteiger partial charge in [-0.2, -0.15) is 5.26 Å². The number of nitrogens with zero attached hydrogens (tertiary/aromatic N) is 3. The number of hydrogen-bond acceptors (Lipinski definition) is 4. The van der Waals surface area contributed by atoms with Crippen molar-refractivity contribution in [1.82, 2.24) is 14.8 Å². The molecule has 29 heavy (non-hydrogen) atoms. The van der Waals surface area contributed by atoms with Crippen molar-refractivity contribution in [3.63, 3.8) is 0 Å². The third-order valence-corrected chi connectivity index (χ3v) is 6.79. The van der Waals surface area contributed by atoms with E-state index in [2.05, 4.69) is 22.5 Å². The lowest BCUT2D eigenvalue weighted by Crippen LogP contribution is -2.30. The lowest BCUT2D eigenvalue weighted by Gasteiger charge is -2.10.